The molecule has 19 heavy (non-hydrogen) atoms. The zero-order valence-electron chi connectivity index (χ0n) is 11.9. The highest BCUT2D eigenvalue weighted by Crippen LogP contribution is 2.34. The maximum Gasteiger partial charge on any atom is 0.393 e. The van der Waals surface area contributed by atoms with Gasteiger partial charge in [-0.25, -0.2) is 0 Å². The first-order valence-electron chi connectivity index (χ1n) is 7.29. The van der Waals surface area contributed by atoms with Gasteiger partial charge in [0.15, 0.2) is 0 Å². The lowest BCUT2D eigenvalue weighted by Gasteiger charge is -2.38. The van der Waals surface area contributed by atoms with Crippen molar-refractivity contribution in [1.82, 2.24) is 10.2 Å². The van der Waals surface area contributed by atoms with Crippen LogP contribution < -0.4 is 5.32 Å². The Morgan fingerprint density at radius 2 is 1.84 bits per heavy atom. The molecule has 5 heteroatoms. The predicted octanol–water partition coefficient (Wildman–Crippen LogP) is 3.04. The van der Waals surface area contributed by atoms with E-state index in [0.29, 0.717) is 18.9 Å². The molecule has 2 nitrogen and oxygen atoms in total. The fourth-order valence-corrected chi connectivity index (χ4v) is 2.84. The van der Waals surface area contributed by atoms with Crippen molar-refractivity contribution >= 4 is 0 Å². The standard InChI is InChI=1S/C14H25F3N2/c1-13(2,9-18-12-5-6-12)10-19-7-3-4-11(8-19)14(15,16)17/h11-12,18H,3-10H2,1-2H3. The lowest BCUT2D eigenvalue weighted by atomic mass is 9.90. The lowest BCUT2D eigenvalue weighted by molar-refractivity contribution is -0.187. The van der Waals surface area contributed by atoms with Crippen molar-refractivity contribution in [3.8, 4) is 0 Å². The Balaban J connectivity index is 1.79. The normalized spacial score (nSPS) is 26.7. The van der Waals surface area contributed by atoms with Crippen LogP contribution in [-0.4, -0.2) is 43.3 Å². The third-order valence-corrected chi connectivity index (χ3v) is 4.07. The number of nitrogens with zero attached hydrogens (tertiary/aromatic N) is 1. The fourth-order valence-electron chi connectivity index (χ4n) is 2.84. The number of alkyl halides is 3. The summed E-state index contributed by atoms with van der Waals surface area (Å²) < 4.78 is 38.3. The van der Waals surface area contributed by atoms with Crippen LogP contribution in [0.5, 0.6) is 0 Å². The molecule has 0 amide bonds. The van der Waals surface area contributed by atoms with Crippen LogP contribution in [0.1, 0.15) is 39.5 Å². The summed E-state index contributed by atoms with van der Waals surface area (Å²) >= 11 is 0. The summed E-state index contributed by atoms with van der Waals surface area (Å²) in [7, 11) is 0. The average Bonchev–Trinajstić information content (AvgIpc) is 3.09. The van der Waals surface area contributed by atoms with Gasteiger partial charge in [0.05, 0.1) is 5.92 Å². The molecule has 2 aliphatic rings. The topological polar surface area (TPSA) is 15.3 Å². The predicted molar refractivity (Wildman–Crippen MR) is 70.0 cm³/mol. The summed E-state index contributed by atoms with van der Waals surface area (Å²) in [5.74, 6) is -1.13. The molecule has 0 aromatic heterocycles. The van der Waals surface area contributed by atoms with Gasteiger partial charge in [0, 0.05) is 25.7 Å². The van der Waals surface area contributed by atoms with E-state index in [-0.39, 0.29) is 12.0 Å². The van der Waals surface area contributed by atoms with Crippen LogP contribution >= 0.6 is 0 Å². The first kappa shape index (κ1) is 15.1. The van der Waals surface area contributed by atoms with Crippen LogP contribution in [0.2, 0.25) is 0 Å². The highest BCUT2D eigenvalue weighted by atomic mass is 19.4. The molecule has 2 rings (SSSR count). The molecule has 2 fully saturated rings. The van der Waals surface area contributed by atoms with Crippen LogP contribution in [-0.2, 0) is 0 Å². The molecule has 1 saturated heterocycles. The first-order valence-corrected chi connectivity index (χ1v) is 7.29. The van der Waals surface area contributed by atoms with Gasteiger partial charge in [0.1, 0.15) is 0 Å². The number of rotatable bonds is 5. The molecular formula is C14H25F3N2. The molecule has 1 saturated carbocycles. The molecule has 112 valence electrons. The highest BCUT2D eigenvalue weighted by molar-refractivity contribution is 4.87. The quantitative estimate of drug-likeness (QED) is 0.831. The Morgan fingerprint density at radius 1 is 1.16 bits per heavy atom. The first-order chi connectivity index (χ1) is 8.76. The Bertz CT molecular complexity index is 298. The van der Waals surface area contributed by atoms with E-state index < -0.39 is 12.1 Å². The summed E-state index contributed by atoms with van der Waals surface area (Å²) in [6, 6.07) is 0.656. The number of likely N-dealkylation sites (tertiary alicyclic amines) is 1. The molecule has 1 N–H and O–H groups in total. The maximum atomic E-state index is 12.8. The molecule has 1 atom stereocenters. The Kier molecular flexibility index (Phi) is 4.45. The number of hydrogen-bond acceptors (Lipinski definition) is 2. The SMILES string of the molecule is CC(C)(CNC1CC1)CN1CCCC(C(F)(F)F)C1. The fraction of sp³-hybridized carbons (Fsp3) is 1.00. The number of nitrogens with one attached hydrogen (secondary N) is 1. The van der Waals surface area contributed by atoms with Crippen LogP contribution in [0, 0.1) is 11.3 Å². The molecule has 0 aromatic rings. The van der Waals surface area contributed by atoms with E-state index in [4.69, 9.17) is 0 Å². The molecule has 1 aliphatic carbocycles. The molecular weight excluding hydrogens is 253 g/mol. The van der Waals surface area contributed by atoms with Crippen LogP contribution in [0.3, 0.4) is 0 Å². The van der Waals surface area contributed by atoms with Gasteiger partial charge in [-0.3, -0.25) is 0 Å². The van der Waals surface area contributed by atoms with E-state index in [1.807, 2.05) is 4.90 Å². The molecule has 0 bridgehead atoms. The Labute approximate surface area is 113 Å². The molecule has 1 unspecified atom stereocenters. The van der Waals surface area contributed by atoms with Crippen molar-refractivity contribution in [1.29, 1.82) is 0 Å². The van der Waals surface area contributed by atoms with Crippen molar-refractivity contribution in [3.05, 3.63) is 0 Å². The third kappa shape index (κ3) is 4.95. The third-order valence-electron chi connectivity index (χ3n) is 4.07. The largest absolute Gasteiger partial charge is 0.393 e. The van der Waals surface area contributed by atoms with Gasteiger partial charge in [0.25, 0.3) is 0 Å². The maximum absolute atomic E-state index is 12.8. The second kappa shape index (κ2) is 5.60. The summed E-state index contributed by atoms with van der Waals surface area (Å²) in [6.07, 6.45) is -0.585. The van der Waals surface area contributed by atoms with Gasteiger partial charge in [0.2, 0.25) is 0 Å². The van der Waals surface area contributed by atoms with Gasteiger partial charge in [-0.1, -0.05) is 13.8 Å². The van der Waals surface area contributed by atoms with E-state index in [1.54, 1.807) is 0 Å². The number of halogens is 3. The summed E-state index contributed by atoms with van der Waals surface area (Å²) in [5, 5.41) is 3.48. The number of hydrogen-bond donors (Lipinski definition) is 1. The second-order valence-electron chi connectivity index (χ2n) is 6.94. The molecule has 0 radical (unpaired) electrons. The Hall–Kier alpha value is -0.290. The van der Waals surface area contributed by atoms with Crippen LogP contribution in [0.15, 0.2) is 0 Å². The van der Waals surface area contributed by atoms with Gasteiger partial charge < -0.3 is 10.2 Å². The van der Waals surface area contributed by atoms with E-state index in [1.165, 1.54) is 12.8 Å². The monoisotopic (exact) mass is 278 g/mol. The van der Waals surface area contributed by atoms with E-state index >= 15 is 0 Å². The minimum atomic E-state index is -4.03. The molecule has 1 heterocycles. The zero-order valence-corrected chi connectivity index (χ0v) is 11.9. The minimum absolute atomic E-state index is 0.0378. The van der Waals surface area contributed by atoms with Crippen molar-refractivity contribution in [2.45, 2.75) is 51.7 Å². The Morgan fingerprint density at radius 3 is 2.42 bits per heavy atom. The highest BCUT2D eigenvalue weighted by Gasteiger charge is 2.42. The van der Waals surface area contributed by atoms with Gasteiger partial charge in [-0.15, -0.1) is 0 Å². The van der Waals surface area contributed by atoms with Crippen molar-refractivity contribution in [3.63, 3.8) is 0 Å². The second-order valence-corrected chi connectivity index (χ2v) is 6.94. The van der Waals surface area contributed by atoms with Crippen LogP contribution in [0.4, 0.5) is 13.2 Å². The molecule has 1 aliphatic heterocycles. The molecule has 0 aromatic carbocycles. The zero-order chi connectivity index (χ0) is 14.1. The summed E-state index contributed by atoms with van der Waals surface area (Å²) in [6.45, 7) is 6.90. The van der Waals surface area contributed by atoms with Gasteiger partial charge in [-0.2, -0.15) is 13.2 Å². The number of piperidine rings is 1. The van der Waals surface area contributed by atoms with Gasteiger partial charge >= 0.3 is 6.18 Å². The summed E-state index contributed by atoms with van der Waals surface area (Å²) in [5.41, 5.74) is 0.0378. The minimum Gasteiger partial charge on any atom is -0.313 e. The smallest absolute Gasteiger partial charge is 0.313 e. The average molecular weight is 278 g/mol. The van der Waals surface area contributed by atoms with E-state index in [0.717, 1.165) is 19.6 Å². The lowest BCUT2D eigenvalue weighted by Crippen LogP contribution is -2.47. The van der Waals surface area contributed by atoms with E-state index in [2.05, 4.69) is 19.2 Å². The van der Waals surface area contributed by atoms with Crippen molar-refractivity contribution in [2.24, 2.45) is 11.3 Å². The van der Waals surface area contributed by atoms with Crippen molar-refractivity contribution < 1.29 is 13.2 Å². The van der Waals surface area contributed by atoms with E-state index in [9.17, 15) is 13.2 Å². The van der Waals surface area contributed by atoms with Crippen molar-refractivity contribution in [2.75, 3.05) is 26.2 Å². The molecule has 0 spiro atoms. The van der Waals surface area contributed by atoms with Gasteiger partial charge in [-0.05, 0) is 37.6 Å². The van der Waals surface area contributed by atoms with Crippen LogP contribution in [0.25, 0.3) is 0 Å². The summed E-state index contributed by atoms with van der Waals surface area (Å²) in [4.78, 5) is 2.00.